The average molecular weight is 329 g/mol. The molecule has 6 heteroatoms. The van der Waals surface area contributed by atoms with E-state index < -0.39 is 0 Å². The Kier molecular flexibility index (Phi) is 4.73. The number of carbonyl (C=O) groups excluding carboxylic acids is 1. The standard InChI is InChI=1S/C18H27N5O/c1-12-10-17(20-19-12)15-6-5-9-23(11-15)18(24)8-7-16-13(2)21-22(4)14(16)3/h10,15H,5-9,11H2,1-4H3,(H,19,20). The highest BCUT2D eigenvalue weighted by Crippen LogP contribution is 2.26. The van der Waals surface area contributed by atoms with Crippen molar-refractivity contribution >= 4 is 5.91 Å². The Labute approximate surface area is 143 Å². The Bertz CT molecular complexity index is 730. The maximum atomic E-state index is 12.7. The first-order valence-corrected chi connectivity index (χ1v) is 8.74. The highest BCUT2D eigenvalue weighted by atomic mass is 16.2. The lowest BCUT2D eigenvalue weighted by Gasteiger charge is -2.32. The molecule has 1 atom stereocenters. The fraction of sp³-hybridized carbons (Fsp3) is 0.611. The fourth-order valence-electron chi connectivity index (χ4n) is 3.66. The molecule has 0 saturated carbocycles. The molecule has 130 valence electrons. The minimum atomic E-state index is 0.245. The Balaban J connectivity index is 1.60. The van der Waals surface area contributed by atoms with Crippen LogP contribution in [0.3, 0.4) is 0 Å². The molecule has 1 fully saturated rings. The molecule has 6 nitrogen and oxygen atoms in total. The Morgan fingerprint density at radius 3 is 2.79 bits per heavy atom. The number of hydrogen-bond donors (Lipinski definition) is 1. The van der Waals surface area contributed by atoms with Gasteiger partial charge in [-0.05, 0) is 51.7 Å². The number of carbonyl (C=O) groups is 1. The summed E-state index contributed by atoms with van der Waals surface area (Å²) in [6.07, 6.45) is 3.48. The van der Waals surface area contributed by atoms with Crippen molar-refractivity contribution in [3.63, 3.8) is 0 Å². The number of hydrogen-bond acceptors (Lipinski definition) is 3. The van der Waals surface area contributed by atoms with Crippen molar-refractivity contribution in [3.05, 3.63) is 34.4 Å². The lowest BCUT2D eigenvalue weighted by atomic mass is 9.94. The number of piperidine rings is 1. The number of aromatic amines is 1. The van der Waals surface area contributed by atoms with E-state index in [4.69, 9.17) is 0 Å². The van der Waals surface area contributed by atoms with Crippen LogP contribution < -0.4 is 0 Å². The summed E-state index contributed by atoms with van der Waals surface area (Å²) in [5.41, 5.74) is 5.57. The van der Waals surface area contributed by atoms with Gasteiger partial charge in [0.2, 0.25) is 5.91 Å². The molecule has 1 unspecified atom stereocenters. The molecule has 0 radical (unpaired) electrons. The van der Waals surface area contributed by atoms with Crippen LogP contribution in [0.25, 0.3) is 0 Å². The van der Waals surface area contributed by atoms with Crippen molar-refractivity contribution in [2.45, 2.75) is 52.4 Å². The van der Waals surface area contributed by atoms with Crippen molar-refractivity contribution in [1.82, 2.24) is 24.9 Å². The fourth-order valence-corrected chi connectivity index (χ4v) is 3.66. The highest BCUT2D eigenvalue weighted by molar-refractivity contribution is 5.76. The van der Waals surface area contributed by atoms with Crippen LogP contribution in [0.4, 0.5) is 0 Å². The third-order valence-corrected chi connectivity index (χ3v) is 5.17. The third-order valence-electron chi connectivity index (χ3n) is 5.17. The molecule has 3 rings (SSSR count). The van der Waals surface area contributed by atoms with E-state index in [-0.39, 0.29) is 5.91 Å². The van der Waals surface area contributed by atoms with Crippen molar-refractivity contribution in [2.75, 3.05) is 13.1 Å². The first-order chi connectivity index (χ1) is 11.5. The van der Waals surface area contributed by atoms with Gasteiger partial charge in [-0.15, -0.1) is 0 Å². The lowest BCUT2D eigenvalue weighted by Crippen LogP contribution is -2.39. The molecule has 0 bridgehead atoms. The van der Waals surface area contributed by atoms with Crippen LogP contribution in [0.1, 0.15) is 53.5 Å². The molecule has 0 aromatic carbocycles. The van der Waals surface area contributed by atoms with Crippen LogP contribution >= 0.6 is 0 Å². The number of H-pyrrole nitrogens is 1. The number of rotatable bonds is 4. The summed E-state index contributed by atoms with van der Waals surface area (Å²) in [7, 11) is 1.95. The van der Waals surface area contributed by atoms with E-state index in [2.05, 4.69) is 28.3 Å². The molecule has 1 saturated heterocycles. The molecule has 3 heterocycles. The molecule has 24 heavy (non-hydrogen) atoms. The smallest absolute Gasteiger partial charge is 0.222 e. The normalized spacial score (nSPS) is 18.2. The summed E-state index contributed by atoms with van der Waals surface area (Å²) in [4.78, 5) is 14.7. The van der Waals surface area contributed by atoms with E-state index in [0.717, 1.165) is 55.1 Å². The van der Waals surface area contributed by atoms with Gasteiger partial charge in [0.25, 0.3) is 0 Å². The molecule has 1 aliphatic heterocycles. The molecular weight excluding hydrogens is 302 g/mol. The SMILES string of the molecule is Cc1cc(C2CCCN(C(=O)CCc3c(C)nn(C)c3C)C2)n[nH]1. The van der Waals surface area contributed by atoms with Crippen molar-refractivity contribution in [2.24, 2.45) is 7.05 Å². The molecular formula is C18H27N5O. The number of aromatic nitrogens is 4. The minimum Gasteiger partial charge on any atom is -0.342 e. The van der Waals surface area contributed by atoms with Gasteiger partial charge in [0.05, 0.1) is 11.4 Å². The summed E-state index contributed by atoms with van der Waals surface area (Å²) in [5, 5.41) is 11.8. The summed E-state index contributed by atoms with van der Waals surface area (Å²) in [5.74, 6) is 0.601. The van der Waals surface area contributed by atoms with E-state index in [1.54, 1.807) is 0 Å². The quantitative estimate of drug-likeness (QED) is 0.936. The zero-order valence-electron chi connectivity index (χ0n) is 15.1. The number of nitrogens with one attached hydrogen (secondary N) is 1. The molecule has 1 N–H and O–H groups in total. The van der Waals surface area contributed by atoms with Crippen LogP contribution in [0.2, 0.25) is 0 Å². The van der Waals surface area contributed by atoms with Crippen LogP contribution in [-0.2, 0) is 18.3 Å². The van der Waals surface area contributed by atoms with E-state index >= 15 is 0 Å². The van der Waals surface area contributed by atoms with Crippen LogP contribution in [0.15, 0.2) is 6.07 Å². The topological polar surface area (TPSA) is 66.8 Å². The van der Waals surface area contributed by atoms with Gasteiger partial charge in [-0.2, -0.15) is 10.2 Å². The highest BCUT2D eigenvalue weighted by Gasteiger charge is 2.26. The van der Waals surface area contributed by atoms with E-state index in [0.29, 0.717) is 12.3 Å². The Hall–Kier alpha value is -2.11. The zero-order chi connectivity index (χ0) is 17.3. The van der Waals surface area contributed by atoms with Gasteiger partial charge in [0.1, 0.15) is 0 Å². The second-order valence-corrected chi connectivity index (χ2v) is 6.93. The largest absolute Gasteiger partial charge is 0.342 e. The second kappa shape index (κ2) is 6.79. The molecule has 1 amide bonds. The minimum absolute atomic E-state index is 0.245. The van der Waals surface area contributed by atoms with E-state index in [9.17, 15) is 4.79 Å². The lowest BCUT2D eigenvalue weighted by molar-refractivity contribution is -0.132. The number of nitrogens with zero attached hydrogens (tertiary/aromatic N) is 4. The average Bonchev–Trinajstić information content (AvgIpc) is 3.10. The predicted octanol–water partition coefficient (Wildman–Crippen LogP) is 2.41. The van der Waals surface area contributed by atoms with Gasteiger partial charge in [-0.25, -0.2) is 0 Å². The van der Waals surface area contributed by atoms with Crippen molar-refractivity contribution < 1.29 is 4.79 Å². The molecule has 0 aliphatic carbocycles. The van der Waals surface area contributed by atoms with Gasteiger partial charge in [-0.1, -0.05) is 0 Å². The second-order valence-electron chi connectivity index (χ2n) is 6.93. The zero-order valence-corrected chi connectivity index (χ0v) is 15.1. The molecule has 2 aromatic heterocycles. The van der Waals surface area contributed by atoms with Crippen molar-refractivity contribution in [3.8, 4) is 0 Å². The Morgan fingerprint density at radius 2 is 2.17 bits per heavy atom. The predicted molar refractivity (Wildman–Crippen MR) is 92.9 cm³/mol. The summed E-state index contributed by atoms with van der Waals surface area (Å²) in [6, 6.07) is 2.10. The first-order valence-electron chi connectivity index (χ1n) is 8.74. The van der Waals surface area contributed by atoms with Crippen LogP contribution in [-0.4, -0.2) is 43.9 Å². The number of aryl methyl sites for hydroxylation is 3. The molecule has 2 aromatic rings. The summed E-state index contributed by atoms with van der Waals surface area (Å²) in [6.45, 7) is 7.75. The van der Waals surface area contributed by atoms with Crippen LogP contribution in [0.5, 0.6) is 0 Å². The maximum Gasteiger partial charge on any atom is 0.222 e. The monoisotopic (exact) mass is 329 g/mol. The van der Waals surface area contributed by atoms with E-state index in [1.165, 1.54) is 5.56 Å². The summed E-state index contributed by atoms with van der Waals surface area (Å²) >= 11 is 0. The maximum absolute atomic E-state index is 12.7. The third kappa shape index (κ3) is 3.37. The molecule has 1 aliphatic rings. The Morgan fingerprint density at radius 1 is 1.38 bits per heavy atom. The van der Waals surface area contributed by atoms with Gasteiger partial charge < -0.3 is 4.90 Å². The van der Waals surface area contributed by atoms with Gasteiger partial charge >= 0.3 is 0 Å². The number of likely N-dealkylation sites (tertiary alicyclic amines) is 1. The first kappa shape index (κ1) is 16.7. The van der Waals surface area contributed by atoms with Gasteiger partial charge in [-0.3, -0.25) is 14.6 Å². The van der Waals surface area contributed by atoms with E-state index in [1.807, 2.05) is 30.5 Å². The van der Waals surface area contributed by atoms with Crippen molar-refractivity contribution in [1.29, 1.82) is 0 Å². The number of amides is 1. The van der Waals surface area contributed by atoms with Crippen LogP contribution in [0, 0.1) is 20.8 Å². The molecule has 0 spiro atoms. The summed E-state index contributed by atoms with van der Waals surface area (Å²) < 4.78 is 1.89. The van der Waals surface area contributed by atoms with Gasteiger partial charge in [0, 0.05) is 43.9 Å². The van der Waals surface area contributed by atoms with Gasteiger partial charge in [0.15, 0.2) is 0 Å².